The molecule has 1 saturated carbocycles. The van der Waals surface area contributed by atoms with E-state index in [1.807, 2.05) is 13.8 Å². The van der Waals surface area contributed by atoms with Crippen molar-refractivity contribution in [1.29, 1.82) is 0 Å². The van der Waals surface area contributed by atoms with Crippen molar-refractivity contribution in [3.8, 4) is 0 Å². The number of carbonyl (C=O) groups is 1. The van der Waals surface area contributed by atoms with Crippen LogP contribution < -0.4 is 11.1 Å². The van der Waals surface area contributed by atoms with Gasteiger partial charge in [0.15, 0.2) is 0 Å². The summed E-state index contributed by atoms with van der Waals surface area (Å²) in [7, 11) is 0. The molecule has 3 heteroatoms. The fourth-order valence-electron chi connectivity index (χ4n) is 2.16. The molecule has 2 atom stereocenters. The maximum atomic E-state index is 11.7. The molecule has 0 aliphatic heterocycles. The van der Waals surface area contributed by atoms with Crippen molar-refractivity contribution in [1.82, 2.24) is 5.32 Å². The highest BCUT2D eigenvalue weighted by atomic mass is 16.2. The van der Waals surface area contributed by atoms with Crippen LogP contribution in [-0.4, -0.2) is 18.0 Å². The maximum Gasteiger partial charge on any atom is 0.237 e. The zero-order valence-corrected chi connectivity index (χ0v) is 10.3. The van der Waals surface area contributed by atoms with Crippen LogP contribution in [-0.2, 0) is 4.79 Å². The summed E-state index contributed by atoms with van der Waals surface area (Å²) >= 11 is 0. The van der Waals surface area contributed by atoms with Crippen LogP contribution in [0, 0.1) is 11.3 Å². The van der Waals surface area contributed by atoms with Gasteiger partial charge in [0.05, 0.1) is 6.04 Å². The second-order valence-corrected chi connectivity index (χ2v) is 5.88. The van der Waals surface area contributed by atoms with Gasteiger partial charge in [-0.15, -0.1) is 0 Å². The third-order valence-corrected chi connectivity index (χ3v) is 3.34. The largest absolute Gasteiger partial charge is 0.352 e. The molecule has 0 saturated heterocycles. The van der Waals surface area contributed by atoms with Gasteiger partial charge in [-0.2, -0.15) is 0 Å². The summed E-state index contributed by atoms with van der Waals surface area (Å²) in [5.41, 5.74) is 6.17. The Morgan fingerprint density at radius 1 is 1.44 bits per heavy atom. The first kappa shape index (κ1) is 15.4. The molecule has 1 rings (SSSR count). The summed E-state index contributed by atoms with van der Waals surface area (Å²) in [5.74, 6) is 0.215. The predicted molar refractivity (Wildman–Crippen MR) is 69.1 cm³/mol. The number of amides is 1. The molecular formula is C13H28N2O. The molecule has 96 valence electrons. The van der Waals surface area contributed by atoms with Gasteiger partial charge in [0, 0.05) is 6.04 Å². The summed E-state index contributed by atoms with van der Waals surface area (Å²) in [6.45, 7) is 8.45. The van der Waals surface area contributed by atoms with Crippen LogP contribution in [0.1, 0.15) is 54.4 Å². The standard InChI is InChI=1S/C12H24N2O.CH4/c1-8(2)10(13)11(15)14-9-5-6-12(3,4)7-9;/h8-10H,5-7,13H2,1-4H3,(H,14,15);1H4/t9-,10+;/m0./s1. The third kappa shape index (κ3) is 4.12. The van der Waals surface area contributed by atoms with Gasteiger partial charge in [0.2, 0.25) is 5.91 Å². The molecule has 1 aliphatic carbocycles. The van der Waals surface area contributed by atoms with Gasteiger partial charge in [-0.3, -0.25) is 4.79 Å². The molecule has 1 fully saturated rings. The van der Waals surface area contributed by atoms with E-state index in [0.717, 1.165) is 12.8 Å². The summed E-state index contributed by atoms with van der Waals surface area (Å²) in [6, 6.07) is -0.0361. The Labute approximate surface area is 100 Å². The monoisotopic (exact) mass is 228 g/mol. The molecule has 16 heavy (non-hydrogen) atoms. The van der Waals surface area contributed by atoms with E-state index in [2.05, 4.69) is 19.2 Å². The predicted octanol–water partition coefficient (Wildman–Crippen LogP) is 2.30. The summed E-state index contributed by atoms with van der Waals surface area (Å²) in [4.78, 5) is 11.7. The van der Waals surface area contributed by atoms with Crippen molar-refractivity contribution in [2.45, 2.75) is 66.5 Å². The highest BCUT2D eigenvalue weighted by Gasteiger charge is 2.32. The Morgan fingerprint density at radius 2 is 2.00 bits per heavy atom. The van der Waals surface area contributed by atoms with E-state index in [9.17, 15) is 4.79 Å². The van der Waals surface area contributed by atoms with E-state index in [1.165, 1.54) is 6.42 Å². The lowest BCUT2D eigenvalue weighted by Gasteiger charge is -2.21. The number of rotatable bonds is 3. The lowest BCUT2D eigenvalue weighted by molar-refractivity contribution is -0.123. The zero-order valence-electron chi connectivity index (χ0n) is 10.3. The third-order valence-electron chi connectivity index (χ3n) is 3.34. The van der Waals surface area contributed by atoms with Crippen molar-refractivity contribution in [3.63, 3.8) is 0 Å². The topological polar surface area (TPSA) is 55.1 Å². The number of nitrogens with one attached hydrogen (secondary N) is 1. The number of hydrogen-bond donors (Lipinski definition) is 2. The second kappa shape index (κ2) is 5.67. The van der Waals surface area contributed by atoms with Crippen LogP contribution in [0.2, 0.25) is 0 Å². The van der Waals surface area contributed by atoms with E-state index in [0.29, 0.717) is 11.5 Å². The van der Waals surface area contributed by atoms with Crippen LogP contribution in [0.25, 0.3) is 0 Å². The van der Waals surface area contributed by atoms with Gasteiger partial charge in [0.25, 0.3) is 0 Å². The molecule has 0 aromatic rings. The highest BCUT2D eigenvalue weighted by Crippen LogP contribution is 2.36. The minimum atomic E-state index is -0.367. The van der Waals surface area contributed by atoms with Crippen molar-refractivity contribution in [2.24, 2.45) is 17.1 Å². The van der Waals surface area contributed by atoms with Gasteiger partial charge in [0.1, 0.15) is 0 Å². The van der Waals surface area contributed by atoms with Crippen LogP contribution in [0.4, 0.5) is 0 Å². The van der Waals surface area contributed by atoms with E-state index in [1.54, 1.807) is 0 Å². The molecule has 0 heterocycles. The number of carbonyl (C=O) groups excluding carboxylic acids is 1. The minimum absolute atomic E-state index is 0. The molecule has 0 aromatic carbocycles. The normalized spacial score (nSPS) is 25.0. The maximum absolute atomic E-state index is 11.7. The summed E-state index contributed by atoms with van der Waals surface area (Å²) in [5, 5.41) is 3.05. The van der Waals surface area contributed by atoms with Gasteiger partial charge in [-0.05, 0) is 30.6 Å². The van der Waals surface area contributed by atoms with Crippen LogP contribution in [0.15, 0.2) is 0 Å². The van der Waals surface area contributed by atoms with E-state index < -0.39 is 0 Å². The lowest BCUT2D eigenvalue weighted by atomic mass is 9.92. The molecule has 0 bridgehead atoms. The average Bonchev–Trinajstić information content (AvgIpc) is 2.43. The van der Waals surface area contributed by atoms with Crippen LogP contribution >= 0.6 is 0 Å². The SMILES string of the molecule is C.CC(C)[C@@H](N)C(=O)N[C@H]1CCC(C)(C)C1. The van der Waals surface area contributed by atoms with Crippen molar-refractivity contribution in [3.05, 3.63) is 0 Å². The Bertz CT molecular complexity index is 236. The molecule has 1 amide bonds. The smallest absolute Gasteiger partial charge is 0.237 e. The van der Waals surface area contributed by atoms with Crippen LogP contribution in [0.5, 0.6) is 0 Å². The van der Waals surface area contributed by atoms with Gasteiger partial charge in [-0.25, -0.2) is 0 Å². The summed E-state index contributed by atoms with van der Waals surface area (Å²) < 4.78 is 0. The van der Waals surface area contributed by atoms with Gasteiger partial charge in [-0.1, -0.05) is 35.1 Å². The lowest BCUT2D eigenvalue weighted by Crippen LogP contribution is -2.47. The molecule has 0 aromatic heterocycles. The molecular weight excluding hydrogens is 200 g/mol. The molecule has 0 radical (unpaired) electrons. The highest BCUT2D eigenvalue weighted by molar-refractivity contribution is 5.82. The molecule has 0 spiro atoms. The Morgan fingerprint density at radius 3 is 2.38 bits per heavy atom. The molecule has 3 nitrogen and oxygen atoms in total. The van der Waals surface area contributed by atoms with E-state index in [4.69, 9.17) is 5.73 Å². The fourth-order valence-corrected chi connectivity index (χ4v) is 2.16. The molecule has 1 aliphatic rings. The first-order chi connectivity index (χ1) is 6.82. The van der Waals surface area contributed by atoms with E-state index in [-0.39, 0.29) is 25.3 Å². The Balaban J connectivity index is 0.00000225. The van der Waals surface area contributed by atoms with Crippen molar-refractivity contribution in [2.75, 3.05) is 0 Å². The average molecular weight is 228 g/mol. The first-order valence-corrected chi connectivity index (χ1v) is 5.88. The van der Waals surface area contributed by atoms with Crippen LogP contribution in [0.3, 0.4) is 0 Å². The Hall–Kier alpha value is -0.570. The zero-order chi connectivity index (χ0) is 11.6. The molecule has 0 unspecified atom stereocenters. The van der Waals surface area contributed by atoms with Gasteiger partial charge >= 0.3 is 0 Å². The summed E-state index contributed by atoms with van der Waals surface area (Å²) in [6.07, 6.45) is 3.35. The van der Waals surface area contributed by atoms with Crippen molar-refractivity contribution < 1.29 is 4.79 Å². The fraction of sp³-hybridized carbons (Fsp3) is 0.923. The van der Waals surface area contributed by atoms with Crippen molar-refractivity contribution >= 4 is 5.91 Å². The Kier molecular flexibility index (Phi) is 5.47. The van der Waals surface area contributed by atoms with E-state index >= 15 is 0 Å². The number of hydrogen-bond acceptors (Lipinski definition) is 2. The first-order valence-electron chi connectivity index (χ1n) is 5.88. The number of nitrogens with two attached hydrogens (primary N) is 1. The quantitative estimate of drug-likeness (QED) is 0.778. The van der Waals surface area contributed by atoms with Gasteiger partial charge < -0.3 is 11.1 Å². The minimum Gasteiger partial charge on any atom is -0.352 e. The molecule has 3 N–H and O–H groups in total. The second-order valence-electron chi connectivity index (χ2n) is 5.88.